The first-order valence-corrected chi connectivity index (χ1v) is 9.52. The van der Waals surface area contributed by atoms with Crippen molar-refractivity contribution in [3.63, 3.8) is 0 Å². The Morgan fingerprint density at radius 2 is 1.67 bits per heavy atom. The third-order valence-electron chi connectivity index (χ3n) is 4.03. The van der Waals surface area contributed by atoms with Crippen LogP contribution in [0, 0.1) is 5.82 Å². The van der Waals surface area contributed by atoms with Crippen LogP contribution in [0.3, 0.4) is 0 Å². The van der Waals surface area contributed by atoms with Crippen molar-refractivity contribution in [3.05, 3.63) is 46.9 Å². The lowest BCUT2D eigenvalue weighted by molar-refractivity contribution is -0.141. The maximum absolute atomic E-state index is 13.2. The van der Waals surface area contributed by atoms with Crippen LogP contribution < -0.4 is 4.90 Å². The SMILES string of the molecule is O=S(=O)(c1ccc(F)c(Cl)c1)N1CCN(c2ccc(C(F)(F)F)nn2)CC1. The van der Waals surface area contributed by atoms with Gasteiger partial charge in [0.15, 0.2) is 11.5 Å². The van der Waals surface area contributed by atoms with Gasteiger partial charge in [0, 0.05) is 26.2 Å². The van der Waals surface area contributed by atoms with Crippen molar-refractivity contribution in [3.8, 4) is 0 Å². The van der Waals surface area contributed by atoms with Gasteiger partial charge in [0.25, 0.3) is 0 Å². The number of halogens is 5. The topological polar surface area (TPSA) is 66.4 Å². The molecule has 3 rings (SSSR count). The minimum absolute atomic E-state index is 0.0834. The Balaban J connectivity index is 1.70. The van der Waals surface area contributed by atoms with Crippen LogP contribution in [-0.4, -0.2) is 49.1 Å². The Hall–Kier alpha value is -1.98. The van der Waals surface area contributed by atoms with E-state index in [2.05, 4.69) is 10.2 Å². The molecule has 1 aromatic heterocycles. The second kappa shape index (κ2) is 7.21. The molecule has 1 aromatic carbocycles. The molecule has 146 valence electrons. The molecule has 0 aliphatic carbocycles. The van der Waals surface area contributed by atoms with E-state index >= 15 is 0 Å². The van der Waals surface area contributed by atoms with Crippen molar-refractivity contribution in [2.24, 2.45) is 0 Å². The summed E-state index contributed by atoms with van der Waals surface area (Å²) >= 11 is 5.65. The van der Waals surface area contributed by atoms with Gasteiger partial charge in [-0.1, -0.05) is 11.6 Å². The van der Waals surface area contributed by atoms with Crippen LogP contribution >= 0.6 is 11.6 Å². The summed E-state index contributed by atoms with van der Waals surface area (Å²) in [6.07, 6.45) is -4.57. The molecule has 0 amide bonds. The van der Waals surface area contributed by atoms with Crippen LogP contribution in [0.4, 0.5) is 23.4 Å². The first-order valence-electron chi connectivity index (χ1n) is 7.70. The molecule has 12 heteroatoms. The van der Waals surface area contributed by atoms with Crippen LogP contribution in [0.15, 0.2) is 35.2 Å². The van der Waals surface area contributed by atoms with Crippen molar-refractivity contribution in [2.45, 2.75) is 11.1 Å². The average Bonchev–Trinajstić information content (AvgIpc) is 2.63. The zero-order valence-electron chi connectivity index (χ0n) is 13.6. The number of sulfonamides is 1. The molecule has 1 aliphatic heterocycles. The van der Waals surface area contributed by atoms with E-state index in [9.17, 15) is 26.0 Å². The highest BCUT2D eigenvalue weighted by atomic mass is 35.5. The Kier molecular flexibility index (Phi) is 5.28. The molecule has 1 saturated heterocycles. The predicted molar refractivity (Wildman–Crippen MR) is 89.4 cm³/mol. The molecule has 27 heavy (non-hydrogen) atoms. The van der Waals surface area contributed by atoms with Gasteiger partial charge in [-0.15, -0.1) is 10.2 Å². The molecule has 0 atom stereocenters. The molecular formula is C15H13ClF4N4O2S. The highest BCUT2D eigenvalue weighted by Crippen LogP contribution is 2.28. The van der Waals surface area contributed by atoms with Gasteiger partial charge in [0.1, 0.15) is 5.82 Å². The molecule has 0 saturated carbocycles. The summed E-state index contributed by atoms with van der Waals surface area (Å²) in [5.41, 5.74) is -1.10. The van der Waals surface area contributed by atoms with E-state index in [4.69, 9.17) is 11.6 Å². The van der Waals surface area contributed by atoms with Crippen molar-refractivity contribution in [1.82, 2.24) is 14.5 Å². The van der Waals surface area contributed by atoms with E-state index in [1.54, 1.807) is 4.90 Å². The lowest BCUT2D eigenvalue weighted by atomic mass is 10.3. The molecule has 1 aliphatic rings. The number of aromatic nitrogens is 2. The molecule has 1 fully saturated rings. The van der Waals surface area contributed by atoms with Crippen LogP contribution in [0.25, 0.3) is 0 Å². The molecule has 0 radical (unpaired) electrons. The number of hydrogen-bond acceptors (Lipinski definition) is 5. The molecule has 0 unspecified atom stereocenters. The zero-order chi connectivity index (χ0) is 19.8. The Morgan fingerprint density at radius 3 is 2.19 bits per heavy atom. The fourth-order valence-electron chi connectivity index (χ4n) is 2.59. The van der Waals surface area contributed by atoms with Crippen LogP contribution in [0.1, 0.15) is 5.69 Å². The lowest BCUT2D eigenvalue weighted by Gasteiger charge is -2.34. The summed E-state index contributed by atoms with van der Waals surface area (Å²) in [7, 11) is -3.86. The first-order chi connectivity index (χ1) is 12.6. The monoisotopic (exact) mass is 424 g/mol. The molecule has 0 N–H and O–H groups in total. The summed E-state index contributed by atoms with van der Waals surface area (Å²) in [5, 5.41) is 6.43. The Labute approximate surface area is 157 Å². The largest absolute Gasteiger partial charge is 0.435 e. The normalized spacial score (nSPS) is 16.6. The highest BCUT2D eigenvalue weighted by Gasteiger charge is 2.34. The summed E-state index contributed by atoms with van der Waals surface area (Å²) in [5.74, 6) is -0.494. The van der Waals surface area contributed by atoms with E-state index in [1.807, 2.05) is 0 Å². The minimum Gasteiger partial charge on any atom is -0.352 e. The molecular weight excluding hydrogens is 412 g/mol. The number of anilines is 1. The lowest BCUT2D eigenvalue weighted by Crippen LogP contribution is -2.49. The first kappa shape index (κ1) is 19.8. The van der Waals surface area contributed by atoms with E-state index < -0.39 is 27.7 Å². The van der Waals surface area contributed by atoms with Crippen molar-refractivity contribution < 1.29 is 26.0 Å². The van der Waals surface area contributed by atoms with E-state index in [1.165, 1.54) is 10.4 Å². The van der Waals surface area contributed by atoms with Crippen molar-refractivity contribution in [1.29, 1.82) is 0 Å². The second-order valence-electron chi connectivity index (χ2n) is 5.74. The van der Waals surface area contributed by atoms with Crippen molar-refractivity contribution in [2.75, 3.05) is 31.1 Å². The summed E-state index contributed by atoms with van der Waals surface area (Å²) < 4.78 is 77.3. The fourth-order valence-corrected chi connectivity index (χ4v) is 4.28. The van der Waals surface area contributed by atoms with Crippen LogP contribution in [0.5, 0.6) is 0 Å². The van der Waals surface area contributed by atoms with Crippen molar-refractivity contribution >= 4 is 27.4 Å². The molecule has 0 bridgehead atoms. The zero-order valence-corrected chi connectivity index (χ0v) is 15.2. The number of alkyl halides is 3. The molecule has 2 aromatic rings. The molecule has 0 spiro atoms. The maximum Gasteiger partial charge on any atom is 0.435 e. The average molecular weight is 425 g/mol. The second-order valence-corrected chi connectivity index (χ2v) is 8.09. The molecule has 6 nitrogen and oxygen atoms in total. The van der Waals surface area contributed by atoms with Crippen LogP contribution in [-0.2, 0) is 16.2 Å². The summed E-state index contributed by atoms with van der Waals surface area (Å²) in [6.45, 7) is 0.600. The number of piperazine rings is 1. The fraction of sp³-hybridized carbons (Fsp3) is 0.333. The third-order valence-corrected chi connectivity index (χ3v) is 6.22. The molecule has 2 heterocycles. The number of benzene rings is 1. The summed E-state index contributed by atoms with van der Waals surface area (Å²) in [6, 6.07) is 5.17. The predicted octanol–water partition coefficient (Wildman–Crippen LogP) is 2.80. The van der Waals surface area contributed by atoms with Gasteiger partial charge >= 0.3 is 6.18 Å². The van der Waals surface area contributed by atoms with Gasteiger partial charge in [-0.05, 0) is 30.3 Å². The Bertz CT molecular complexity index is 930. The Morgan fingerprint density at radius 1 is 1.00 bits per heavy atom. The van der Waals surface area contributed by atoms with Gasteiger partial charge in [-0.2, -0.15) is 17.5 Å². The van der Waals surface area contributed by atoms with Gasteiger partial charge < -0.3 is 4.90 Å². The van der Waals surface area contributed by atoms with Gasteiger partial charge in [0.2, 0.25) is 10.0 Å². The van der Waals surface area contributed by atoms with E-state index in [-0.39, 0.29) is 41.9 Å². The van der Waals surface area contributed by atoms with E-state index in [0.717, 1.165) is 24.3 Å². The van der Waals surface area contributed by atoms with Gasteiger partial charge in [-0.3, -0.25) is 0 Å². The highest BCUT2D eigenvalue weighted by molar-refractivity contribution is 7.89. The standard InChI is InChI=1S/C15H13ClF4N4O2S/c16-11-9-10(1-2-12(11)17)27(25,26)24-7-5-23(6-8-24)14-4-3-13(21-22-14)15(18,19)20/h1-4,9H,5-8H2. The smallest absolute Gasteiger partial charge is 0.352 e. The van der Waals surface area contributed by atoms with Gasteiger partial charge in [-0.25, -0.2) is 12.8 Å². The van der Waals surface area contributed by atoms with E-state index in [0.29, 0.717) is 0 Å². The quantitative estimate of drug-likeness (QED) is 0.709. The van der Waals surface area contributed by atoms with Gasteiger partial charge in [0.05, 0.1) is 9.92 Å². The minimum atomic E-state index is -4.57. The van der Waals surface area contributed by atoms with Crippen LogP contribution in [0.2, 0.25) is 5.02 Å². The number of rotatable bonds is 3. The third kappa shape index (κ3) is 4.14. The number of hydrogen-bond donors (Lipinski definition) is 0. The summed E-state index contributed by atoms with van der Waals surface area (Å²) in [4.78, 5) is 1.51. The number of nitrogens with zero attached hydrogens (tertiary/aromatic N) is 4. The maximum atomic E-state index is 13.2.